The SMILES string of the molecule is CCCCCOC[C@H]1O[C@@H](n2cc(F)c(=O)[nH]c2=O)C[C@@H]1OCCCCC. The lowest BCUT2D eigenvalue weighted by Gasteiger charge is -2.19. The van der Waals surface area contributed by atoms with Gasteiger partial charge in [-0.05, 0) is 12.8 Å². The molecule has 1 aromatic heterocycles. The first-order chi connectivity index (χ1) is 13.1. The molecule has 0 amide bonds. The third kappa shape index (κ3) is 6.55. The van der Waals surface area contributed by atoms with Crippen molar-refractivity contribution in [1.29, 1.82) is 0 Å². The average Bonchev–Trinajstić information content (AvgIpc) is 3.04. The molecule has 1 N–H and O–H groups in total. The molecule has 0 aromatic carbocycles. The van der Waals surface area contributed by atoms with E-state index in [1.807, 2.05) is 4.98 Å². The van der Waals surface area contributed by atoms with Crippen molar-refractivity contribution in [2.75, 3.05) is 19.8 Å². The Morgan fingerprint density at radius 1 is 1.19 bits per heavy atom. The predicted octanol–water partition coefficient (Wildman–Crippen LogP) is 2.75. The number of aromatic nitrogens is 2. The summed E-state index contributed by atoms with van der Waals surface area (Å²) in [6.07, 6.45) is 6.39. The number of unbranched alkanes of at least 4 members (excludes halogenated alkanes) is 4. The van der Waals surface area contributed by atoms with Crippen molar-refractivity contribution in [3.8, 4) is 0 Å². The van der Waals surface area contributed by atoms with Gasteiger partial charge in [-0.25, -0.2) is 4.79 Å². The fourth-order valence-electron chi connectivity index (χ4n) is 3.11. The highest BCUT2D eigenvalue weighted by Gasteiger charge is 2.37. The van der Waals surface area contributed by atoms with Crippen LogP contribution in [0, 0.1) is 5.82 Å². The van der Waals surface area contributed by atoms with Crippen LogP contribution < -0.4 is 11.2 Å². The van der Waals surface area contributed by atoms with Crippen molar-refractivity contribution < 1.29 is 18.6 Å². The fraction of sp³-hybridized carbons (Fsp3) is 0.789. The largest absolute Gasteiger partial charge is 0.379 e. The zero-order valence-corrected chi connectivity index (χ0v) is 16.2. The van der Waals surface area contributed by atoms with Gasteiger partial charge in [0, 0.05) is 19.6 Å². The lowest BCUT2D eigenvalue weighted by atomic mass is 10.2. The minimum Gasteiger partial charge on any atom is -0.379 e. The fourth-order valence-corrected chi connectivity index (χ4v) is 3.11. The van der Waals surface area contributed by atoms with E-state index in [1.165, 1.54) is 0 Å². The number of ether oxygens (including phenoxy) is 3. The van der Waals surface area contributed by atoms with Gasteiger partial charge in [-0.2, -0.15) is 4.39 Å². The molecular formula is C19H31FN2O5. The van der Waals surface area contributed by atoms with Gasteiger partial charge in [0.25, 0.3) is 5.56 Å². The van der Waals surface area contributed by atoms with E-state index in [2.05, 4.69) is 13.8 Å². The number of H-pyrrole nitrogens is 1. The Hall–Kier alpha value is -1.51. The summed E-state index contributed by atoms with van der Waals surface area (Å²) >= 11 is 0. The third-order valence-corrected chi connectivity index (χ3v) is 4.67. The first kappa shape index (κ1) is 21.8. The molecule has 8 heteroatoms. The molecule has 1 aliphatic heterocycles. The van der Waals surface area contributed by atoms with Gasteiger partial charge in [0.1, 0.15) is 12.3 Å². The number of rotatable bonds is 12. The number of halogens is 1. The van der Waals surface area contributed by atoms with Crippen LogP contribution >= 0.6 is 0 Å². The van der Waals surface area contributed by atoms with Gasteiger partial charge < -0.3 is 14.2 Å². The first-order valence-corrected chi connectivity index (χ1v) is 9.92. The molecule has 2 rings (SSSR count). The van der Waals surface area contributed by atoms with Crippen LogP contribution in [0.25, 0.3) is 0 Å². The van der Waals surface area contributed by atoms with E-state index in [0.717, 1.165) is 49.3 Å². The second-order valence-electron chi connectivity index (χ2n) is 6.91. The third-order valence-electron chi connectivity index (χ3n) is 4.67. The standard InChI is InChI=1S/C19H31FN2O5/c1-3-5-7-9-25-13-16-15(26-10-8-6-4-2)11-17(27-16)22-12-14(20)18(23)21-19(22)24/h12,15-17H,3-11,13H2,1-2H3,(H,21,23,24)/t15-,16+,17+/m0/s1. The van der Waals surface area contributed by atoms with Crippen molar-refractivity contribution in [3.63, 3.8) is 0 Å². The molecule has 3 atom stereocenters. The summed E-state index contributed by atoms with van der Waals surface area (Å²) in [6.45, 7) is 5.87. The molecule has 0 spiro atoms. The Morgan fingerprint density at radius 2 is 1.89 bits per heavy atom. The van der Waals surface area contributed by atoms with Crippen LogP contribution in [0.2, 0.25) is 0 Å². The van der Waals surface area contributed by atoms with Gasteiger partial charge in [0.2, 0.25) is 5.82 Å². The Labute approximate surface area is 158 Å². The van der Waals surface area contributed by atoms with Crippen LogP contribution in [0.3, 0.4) is 0 Å². The van der Waals surface area contributed by atoms with Crippen molar-refractivity contribution in [1.82, 2.24) is 9.55 Å². The minimum atomic E-state index is -1.03. The molecule has 0 bridgehead atoms. The van der Waals surface area contributed by atoms with Crippen LogP contribution in [-0.2, 0) is 14.2 Å². The second kappa shape index (κ2) is 11.4. The van der Waals surface area contributed by atoms with Gasteiger partial charge in [-0.3, -0.25) is 14.3 Å². The van der Waals surface area contributed by atoms with E-state index in [4.69, 9.17) is 14.2 Å². The van der Waals surface area contributed by atoms with Crippen LogP contribution in [0.15, 0.2) is 15.8 Å². The first-order valence-electron chi connectivity index (χ1n) is 9.92. The number of nitrogens with zero attached hydrogens (tertiary/aromatic N) is 1. The second-order valence-corrected chi connectivity index (χ2v) is 6.91. The molecule has 1 fully saturated rings. The van der Waals surface area contributed by atoms with Gasteiger partial charge in [0.05, 0.1) is 18.9 Å². The van der Waals surface area contributed by atoms with Crippen LogP contribution in [0.4, 0.5) is 4.39 Å². The number of nitrogens with one attached hydrogen (secondary N) is 1. The normalized spacial score (nSPS) is 22.4. The van der Waals surface area contributed by atoms with E-state index in [0.29, 0.717) is 26.2 Å². The zero-order chi connectivity index (χ0) is 19.6. The molecule has 1 aliphatic rings. The molecule has 2 heterocycles. The summed E-state index contributed by atoms with van der Waals surface area (Å²) in [6, 6.07) is 0. The summed E-state index contributed by atoms with van der Waals surface area (Å²) < 4.78 is 32.3. The zero-order valence-electron chi connectivity index (χ0n) is 16.2. The molecule has 1 saturated heterocycles. The number of hydrogen-bond donors (Lipinski definition) is 1. The van der Waals surface area contributed by atoms with Crippen LogP contribution in [0.5, 0.6) is 0 Å². The summed E-state index contributed by atoms with van der Waals surface area (Å²) in [5.74, 6) is -1.02. The number of hydrogen-bond acceptors (Lipinski definition) is 5. The van der Waals surface area contributed by atoms with E-state index >= 15 is 0 Å². The molecule has 0 aliphatic carbocycles. The summed E-state index contributed by atoms with van der Waals surface area (Å²) in [4.78, 5) is 25.2. The maximum Gasteiger partial charge on any atom is 0.330 e. The molecule has 0 saturated carbocycles. The van der Waals surface area contributed by atoms with E-state index in [-0.39, 0.29) is 12.2 Å². The lowest BCUT2D eigenvalue weighted by molar-refractivity contribution is -0.0781. The molecular weight excluding hydrogens is 355 g/mol. The molecule has 1 aromatic rings. The summed E-state index contributed by atoms with van der Waals surface area (Å²) in [5, 5.41) is 0. The highest BCUT2D eigenvalue weighted by atomic mass is 19.1. The summed E-state index contributed by atoms with van der Waals surface area (Å²) in [5.41, 5.74) is -1.72. The van der Waals surface area contributed by atoms with Gasteiger partial charge in [-0.1, -0.05) is 39.5 Å². The van der Waals surface area contributed by atoms with Gasteiger partial charge in [0.15, 0.2) is 0 Å². The van der Waals surface area contributed by atoms with Crippen molar-refractivity contribution in [2.45, 2.75) is 77.2 Å². The van der Waals surface area contributed by atoms with Crippen LogP contribution in [-0.4, -0.2) is 41.6 Å². The van der Waals surface area contributed by atoms with E-state index in [9.17, 15) is 14.0 Å². The highest BCUT2D eigenvalue weighted by Crippen LogP contribution is 2.30. The Kier molecular flexibility index (Phi) is 9.17. The monoisotopic (exact) mass is 386 g/mol. The highest BCUT2D eigenvalue weighted by molar-refractivity contribution is 4.91. The molecule has 0 radical (unpaired) electrons. The van der Waals surface area contributed by atoms with E-state index in [1.54, 1.807) is 0 Å². The smallest absolute Gasteiger partial charge is 0.330 e. The van der Waals surface area contributed by atoms with E-state index < -0.39 is 23.3 Å². The number of aromatic amines is 1. The molecule has 154 valence electrons. The molecule has 7 nitrogen and oxygen atoms in total. The molecule has 0 unspecified atom stereocenters. The topological polar surface area (TPSA) is 82.5 Å². The Bertz CT molecular complexity index is 675. The van der Waals surface area contributed by atoms with Crippen LogP contribution in [0.1, 0.15) is 65.0 Å². The lowest BCUT2D eigenvalue weighted by Crippen LogP contribution is -2.34. The quantitative estimate of drug-likeness (QED) is 0.559. The maximum absolute atomic E-state index is 13.6. The predicted molar refractivity (Wildman–Crippen MR) is 99.4 cm³/mol. The van der Waals surface area contributed by atoms with Crippen molar-refractivity contribution in [2.24, 2.45) is 0 Å². The Balaban J connectivity index is 2.00. The van der Waals surface area contributed by atoms with Gasteiger partial charge >= 0.3 is 5.69 Å². The Morgan fingerprint density at radius 3 is 2.59 bits per heavy atom. The minimum absolute atomic E-state index is 0.236. The summed E-state index contributed by atoms with van der Waals surface area (Å²) in [7, 11) is 0. The van der Waals surface area contributed by atoms with Gasteiger partial charge in [-0.15, -0.1) is 0 Å². The van der Waals surface area contributed by atoms with Crippen molar-refractivity contribution >= 4 is 0 Å². The maximum atomic E-state index is 13.6. The average molecular weight is 386 g/mol. The van der Waals surface area contributed by atoms with Crippen molar-refractivity contribution in [3.05, 3.63) is 32.9 Å². The molecule has 27 heavy (non-hydrogen) atoms.